The van der Waals surface area contributed by atoms with E-state index in [4.69, 9.17) is 4.42 Å². The molecule has 1 aliphatic rings. The number of nitrogens with one attached hydrogen (secondary N) is 1. The number of para-hydroxylation sites is 2. The van der Waals surface area contributed by atoms with Gasteiger partial charge < -0.3 is 9.73 Å². The molecule has 0 saturated carbocycles. The second-order valence-corrected chi connectivity index (χ2v) is 7.18. The predicted molar refractivity (Wildman–Crippen MR) is 105 cm³/mol. The lowest BCUT2D eigenvalue weighted by molar-refractivity contribution is -0.122. The molecule has 0 unspecified atom stereocenters. The zero-order chi connectivity index (χ0) is 18.5. The monoisotopic (exact) mass is 363 g/mol. The van der Waals surface area contributed by atoms with Gasteiger partial charge in [-0.15, -0.1) is 0 Å². The van der Waals surface area contributed by atoms with Crippen LogP contribution >= 0.6 is 0 Å². The van der Waals surface area contributed by atoms with Crippen LogP contribution in [-0.4, -0.2) is 34.9 Å². The van der Waals surface area contributed by atoms with Crippen LogP contribution in [0.5, 0.6) is 0 Å². The summed E-state index contributed by atoms with van der Waals surface area (Å²) in [5, 5.41) is 3.17. The van der Waals surface area contributed by atoms with Gasteiger partial charge in [-0.25, -0.2) is 4.98 Å². The molecule has 1 N–H and O–H groups in total. The molecule has 140 valence electrons. The highest BCUT2D eigenvalue weighted by molar-refractivity contribution is 5.76. The Morgan fingerprint density at radius 3 is 2.59 bits per heavy atom. The summed E-state index contributed by atoms with van der Waals surface area (Å²) in [5.41, 5.74) is 2.97. The van der Waals surface area contributed by atoms with Gasteiger partial charge in [0, 0.05) is 38.5 Å². The minimum absolute atomic E-state index is 0.0822. The summed E-state index contributed by atoms with van der Waals surface area (Å²) < 4.78 is 5.68. The predicted octanol–water partition coefficient (Wildman–Crippen LogP) is 3.54. The molecule has 0 radical (unpaired) electrons. The number of hydrogen-bond acceptors (Lipinski definition) is 4. The molecule has 1 fully saturated rings. The van der Waals surface area contributed by atoms with Gasteiger partial charge in [0.05, 0.1) is 0 Å². The second-order valence-electron chi connectivity index (χ2n) is 7.18. The number of rotatable bonds is 6. The fourth-order valence-corrected chi connectivity index (χ4v) is 3.62. The summed E-state index contributed by atoms with van der Waals surface area (Å²) in [6.07, 6.45) is 2.95. The van der Waals surface area contributed by atoms with Crippen LogP contribution in [0, 0.1) is 0 Å². The van der Waals surface area contributed by atoms with Crippen molar-refractivity contribution >= 4 is 17.0 Å². The number of amides is 1. The van der Waals surface area contributed by atoms with Crippen molar-refractivity contribution in [1.29, 1.82) is 0 Å². The number of carbonyl (C=O) groups is 1. The number of fused-ring (bicyclic) bond motifs is 1. The highest BCUT2D eigenvalue weighted by atomic mass is 16.3. The van der Waals surface area contributed by atoms with E-state index in [0.717, 1.165) is 43.6 Å². The summed E-state index contributed by atoms with van der Waals surface area (Å²) in [5.74, 6) is 0.711. The van der Waals surface area contributed by atoms with Crippen LogP contribution < -0.4 is 5.32 Å². The molecule has 0 bridgehead atoms. The first kappa shape index (κ1) is 17.7. The van der Waals surface area contributed by atoms with Crippen molar-refractivity contribution in [2.24, 2.45) is 0 Å². The van der Waals surface area contributed by atoms with Crippen LogP contribution in [0.2, 0.25) is 0 Å². The first-order valence-electron chi connectivity index (χ1n) is 9.66. The van der Waals surface area contributed by atoms with Crippen molar-refractivity contribution in [2.45, 2.75) is 38.3 Å². The minimum atomic E-state index is 0.0822. The number of aryl methyl sites for hydroxylation is 1. The van der Waals surface area contributed by atoms with Crippen LogP contribution in [0.1, 0.15) is 30.7 Å². The molecule has 0 spiro atoms. The molecule has 1 saturated heterocycles. The third-order valence-electron chi connectivity index (χ3n) is 5.11. The highest BCUT2D eigenvalue weighted by Crippen LogP contribution is 2.16. The first-order valence-corrected chi connectivity index (χ1v) is 9.66. The van der Waals surface area contributed by atoms with E-state index >= 15 is 0 Å². The van der Waals surface area contributed by atoms with Gasteiger partial charge in [-0.05, 0) is 30.5 Å². The van der Waals surface area contributed by atoms with Crippen molar-refractivity contribution in [1.82, 2.24) is 15.2 Å². The third-order valence-corrected chi connectivity index (χ3v) is 5.11. The lowest BCUT2D eigenvalue weighted by Crippen LogP contribution is -2.44. The van der Waals surface area contributed by atoms with E-state index in [-0.39, 0.29) is 11.9 Å². The molecule has 2 aromatic carbocycles. The number of piperidine rings is 1. The quantitative estimate of drug-likeness (QED) is 0.728. The van der Waals surface area contributed by atoms with E-state index < -0.39 is 0 Å². The van der Waals surface area contributed by atoms with E-state index in [9.17, 15) is 4.79 Å². The molecular formula is C22H25N3O2. The van der Waals surface area contributed by atoms with Gasteiger partial charge >= 0.3 is 0 Å². The summed E-state index contributed by atoms with van der Waals surface area (Å²) in [4.78, 5) is 19.2. The third kappa shape index (κ3) is 4.74. The number of carbonyl (C=O) groups excluding carboxylic acids is 1. The maximum absolute atomic E-state index is 12.3. The molecule has 4 rings (SSSR count). The minimum Gasteiger partial charge on any atom is -0.441 e. The smallest absolute Gasteiger partial charge is 0.220 e. The Morgan fingerprint density at radius 2 is 1.81 bits per heavy atom. The summed E-state index contributed by atoms with van der Waals surface area (Å²) in [6, 6.07) is 18.5. The molecule has 5 nitrogen and oxygen atoms in total. The standard InChI is InChI=1S/C22H25N3O2/c26-21(10-11-22-24-19-8-4-5-9-20(19)27-22)23-18-12-14-25(15-13-18)16-17-6-2-1-3-7-17/h1-9,18H,10-16H2,(H,23,26). The number of benzene rings is 2. The molecule has 0 aliphatic carbocycles. The maximum atomic E-state index is 12.3. The number of hydrogen-bond donors (Lipinski definition) is 1. The summed E-state index contributed by atoms with van der Waals surface area (Å²) in [6.45, 7) is 3.02. The van der Waals surface area contributed by atoms with Crippen LogP contribution in [0.25, 0.3) is 11.1 Å². The Balaban J connectivity index is 1.20. The van der Waals surface area contributed by atoms with E-state index in [1.54, 1.807) is 0 Å². The van der Waals surface area contributed by atoms with Crippen LogP contribution in [0.4, 0.5) is 0 Å². The SMILES string of the molecule is O=C(CCc1nc2ccccc2o1)NC1CCN(Cc2ccccc2)CC1. The molecular weight excluding hydrogens is 338 g/mol. The van der Waals surface area contributed by atoms with Crippen LogP contribution in [0.3, 0.4) is 0 Å². The van der Waals surface area contributed by atoms with Gasteiger partial charge in [0.25, 0.3) is 0 Å². The molecule has 0 atom stereocenters. The van der Waals surface area contributed by atoms with Gasteiger partial charge in [-0.2, -0.15) is 0 Å². The Hall–Kier alpha value is -2.66. The zero-order valence-corrected chi connectivity index (χ0v) is 15.4. The average Bonchev–Trinajstić information content (AvgIpc) is 3.12. The molecule has 1 aromatic heterocycles. The molecule has 2 heterocycles. The first-order chi connectivity index (χ1) is 13.3. The Bertz CT molecular complexity index is 850. The van der Waals surface area contributed by atoms with Gasteiger partial charge in [0.1, 0.15) is 5.52 Å². The number of nitrogens with zero attached hydrogens (tertiary/aromatic N) is 2. The molecule has 5 heteroatoms. The van der Waals surface area contributed by atoms with Crippen molar-refractivity contribution < 1.29 is 9.21 Å². The average molecular weight is 363 g/mol. The van der Waals surface area contributed by atoms with Crippen LogP contribution in [0.15, 0.2) is 59.0 Å². The van der Waals surface area contributed by atoms with Gasteiger partial charge in [0.15, 0.2) is 11.5 Å². The zero-order valence-electron chi connectivity index (χ0n) is 15.4. The Kier molecular flexibility index (Phi) is 5.49. The fourth-order valence-electron chi connectivity index (χ4n) is 3.62. The van der Waals surface area contributed by atoms with Gasteiger partial charge in [-0.3, -0.25) is 9.69 Å². The van der Waals surface area contributed by atoms with Gasteiger partial charge in [0.2, 0.25) is 5.91 Å². The Morgan fingerprint density at radius 1 is 1.07 bits per heavy atom. The summed E-state index contributed by atoms with van der Waals surface area (Å²) in [7, 11) is 0. The second kappa shape index (κ2) is 8.35. The Labute approximate surface area is 159 Å². The summed E-state index contributed by atoms with van der Waals surface area (Å²) >= 11 is 0. The molecule has 3 aromatic rings. The molecule has 1 amide bonds. The van der Waals surface area contributed by atoms with E-state index in [1.165, 1.54) is 5.56 Å². The van der Waals surface area contributed by atoms with Crippen molar-refractivity contribution in [2.75, 3.05) is 13.1 Å². The van der Waals surface area contributed by atoms with Crippen molar-refractivity contribution in [3.63, 3.8) is 0 Å². The van der Waals surface area contributed by atoms with Gasteiger partial charge in [-0.1, -0.05) is 42.5 Å². The molecule has 1 aliphatic heterocycles. The number of aromatic nitrogens is 1. The fraction of sp³-hybridized carbons (Fsp3) is 0.364. The highest BCUT2D eigenvalue weighted by Gasteiger charge is 2.20. The van der Waals surface area contributed by atoms with Crippen molar-refractivity contribution in [3.05, 3.63) is 66.1 Å². The number of likely N-dealkylation sites (tertiary alicyclic amines) is 1. The lowest BCUT2D eigenvalue weighted by atomic mass is 10.0. The van der Waals surface area contributed by atoms with E-state index in [2.05, 4.69) is 39.5 Å². The normalized spacial score (nSPS) is 15.9. The van der Waals surface area contributed by atoms with Crippen molar-refractivity contribution in [3.8, 4) is 0 Å². The van der Waals surface area contributed by atoms with E-state index in [1.807, 2.05) is 30.3 Å². The topological polar surface area (TPSA) is 58.4 Å². The maximum Gasteiger partial charge on any atom is 0.220 e. The number of oxazole rings is 1. The lowest BCUT2D eigenvalue weighted by Gasteiger charge is -2.32. The van der Waals surface area contributed by atoms with Crippen LogP contribution in [-0.2, 0) is 17.8 Å². The molecule has 27 heavy (non-hydrogen) atoms. The largest absolute Gasteiger partial charge is 0.441 e. The van der Waals surface area contributed by atoms with E-state index in [0.29, 0.717) is 18.7 Å².